The number of hydrogen-bond donors (Lipinski definition) is 2. The van der Waals surface area contributed by atoms with E-state index in [2.05, 4.69) is 5.32 Å². The first-order chi connectivity index (χ1) is 11.9. The fraction of sp³-hybridized carbons (Fsp3) is 0.471. The van der Waals surface area contributed by atoms with E-state index in [1.54, 1.807) is 24.3 Å². The molecule has 1 aromatic carbocycles. The number of carbonyl (C=O) groups is 3. The molecule has 136 valence electrons. The van der Waals surface area contributed by atoms with E-state index in [9.17, 15) is 14.4 Å². The molecule has 2 amide bonds. The van der Waals surface area contributed by atoms with E-state index in [4.69, 9.17) is 16.7 Å². The van der Waals surface area contributed by atoms with Crippen molar-refractivity contribution in [1.29, 1.82) is 0 Å². The summed E-state index contributed by atoms with van der Waals surface area (Å²) in [4.78, 5) is 37.8. The zero-order chi connectivity index (χ0) is 18.4. The standard InChI is InChI=1S/C17H21ClN2O4S/c1-2-3-12(17(23)24)8-19-15(21)14-9-25-10-20(14)16(22)11-4-6-13(18)7-5-11/h4-7,12,14H,2-3,8-10H2,1H3,(H,19,21)(H,23,24). The van der Waals surface area contributed by atoms with Gasteiger partial charge in [0.15, 0.2) is 0 Å². The predicted octanol–water partition coefficient (Wildman–Crippen LogP) is 2.47. The van der Waals surface area contributed by atoms with Gasteiger partial charge in [-0.3, -0.25) is 14.4 Å². The molecular formula is C17H21ClN2O4S. The molecule has 2 unspecified atom stereocenters. The highest BCUT2D eigenvalue weighted by atomic mass is 35.5. The molecule has 0 aliphatic carbocycles. The van der Waals surface area contributed by atoms with Crippen molar-refractivity contribution < 1.29 is 19.5 Å². The smallest absolute Gasteiger partial charge is 0.308 e. The van der Waals surface area contributed by atoms with Gasteiger partial charge >= 0.3 is 5.97 Å². The van der Waals surface area contributed by atoms with E-state index in [0.717, 1.165) is 6.42 Å². The number of amides is 2. The highest BCUT2D eigenvalue weighted by Crippen LogP contribution is 2.24. The van der Waals surface area contributed by atoms with Crippen molar-refractivity contribution in [2.24, 2.45) is 5.92 Å². The van der Waals surface area contributed by atoms with Crippen LogP contribution in [-0.2, 0) is 9.59 Å². The van der Waals surface area contributed by atoms with Gasteiger partial charge in [-0.05, 0) is 30.7 Å². The number of benzene rings is 1. The zero-order valence-electron chi connectivity index (χ0n) is 13.9. The minimum atomic E-state index is -0.919. The molecule has 2 atom stereocenters. The maximum atomic E-state index is 12.6. The summed E-state index contributed by atoms with van der Waals surface area (Å²) in [5.74, 6) is -1.15. The van der Waals surface area contributed by atoms with Crippen LogP contribution in [-0.4, -0.2) is 52.0 Å². The molecule has 1 aromatic rings. The molecule has 0 saturated carbocycles. The van der Waals surface area contributed by atoms with Crippen molar-refractivity contribution in [1.82, 2.24) is 10.2 Å². The first-order valence-corrected chi connectivity index (χ1v) is 9.62. The molecule has 1 aliphatic heterocycles. The summed E-state index contributed by atoms with van der Waals surface area (Å²) in [6, 6.07) is 5.93. The van der Waals surface area contributed by atoms with Crippen molar-refractivity contribution in [3.8, 4) is 0 Å². The Kier molecular flexibility index (Phi) is 7.13. The maximum absolute atomic E-state index is 12.6. The van der Waals surface area contributed by atoms with Gasteiger partial charge in [0.25, 0.3) is 5.91 Å². The van der Waals surface area contributed by atoms with Crippen LogP contribution < -0.4 is 5.32 Å². The zero-order valence-corrected chi connectivity index (χ0v) is 15.5. The number of thioether (sulfide) groups is 1. The molecule has 6 nitrogen and oxygen atoms in total. The van der Waals surface area contributed by atoms with Gasteiger partial charge in [-0.2, -0.15) is 0 Å². The molecule has 1 heterocycles. The molecule has 0 radical (unpaired) electrons. The molecule has 25 heavy (non-hydrogen) atoms. The number of carboxylic acids is 1. The normalized spacial score (nSPS) is 18.0. The molecule has 1 fully saturated rings. The highest BCUT2D eigenvalue weighted by molar-refractivity contribution is 7.99. The van der Waals surface area contributed by atoms with E-state index in [-0.39, 0.29) is 18.4 Å². The number of rotatable bonds is 7. The fourth-order valence-corrected chi connectivity index (χ4v) is 3.90. The SMILES string of the molecule is CCCC(CNC(=O)C1CSCN1C(=O)c1ccc(Cl)cc1)C(=O)O. The minimum Gasteiger partial charge on any atom is -0.481 e. The van der Waals surface area contributed by atoms with Gasteiger partial charge in [-0.25, -0.2) is 0 Å². The number of nitrogens with one attached hydrogen (secondary N) is 1. The average Bonchev–Trinajstić information content (AvgIpc) is 3.07. The summed E-state index contributed by atoms with van der Waals surface area (Å²) in [6.45, 7) is 1.98. The van der Waals surface area contributed by atoms with Crippen LogP contribution in [0, 0.1) is 5.92 Å². The number of hydrogen-bond acceptors (Lipinski definition) is 4. The third-order valence-corrected chi connectivity index (χ3v) is 5.31. The van der Waals surface area contributed by atoms with E-state index < -0.39 is 17.9 Å². The van der Waals surface area contributed by atoms with Gasteiger partial charge in [-0.1, -0.05) is 24.9 Å². The first kappa shape index (κ1) is 19.6. The summed E-state index contributed by atoms with van der Waals surface area (Å²) in [5, 5.41) is 12.4. The Balaban J connectivity index is 2.00. The van der Waals surface area contributed by atoms with Gasteiger partial charge in [0.1, 0.15) is 6.04 Å². The minimum absolute atomic E-state index is 0.0755. The second-order valence-electron chi connectivity index (χ2n) is 5.87. The van der Waals surface area contributed by atoms with Crippen molar-refractivity contribution in [3.63, 3.8) is 0 Å². The summed E-state index contributed by atoms with van der Waals surface area (Å²) in [5.41, 5.74) is 0.471. The largest absolute Gasteiger partial charge is 0.481 e. The van der Waals surface area contributed by atoms with Crippen molar-refractivity contribution in [2.45, 2.75) is 25.8 Å². The van der Waals surface area contributed by atoms with Crippen molar-refractivity contribution >= 4 is 41.1 Å². The molecular weight excluding hydrogens is 364 g/mol. The van der Waals surface area contributed by atoms with Gasteiger partial charge in [0, 0.05) is 22.9 Å². The van der Waals surface area contributed by atoms with Gasteiger partial charge < -0.3 is 15.3 Å². The monoisotopic (exact) mass is 384 g/mol. The molecule has 1 saturated heterocycles. The van der Waals surface area contributed by atoms with E-state index in [1.807, 2.05) is 6.92 Å². The molecule has 0 aromatic heterocycles. The van der Waals surface area contributed by atoms with Crippen LogP contribution in [0.15, 0.2) is 24.3 Å². The second-order valence-corrected chi connectivity index (χ2v) is 7.30. The predicted molar refractivity (Wildman–Crippen MR) is 97.8 cm³/mol. The molecule has 8 heteroatoms. The molecule has 0 bridgehead atoms. The number of nitrogens with zero attached hydrogens (tertiary/aromatic N) is 1. The van der Waals surface area contributed by atoms with Gasteiger partial charge in [-0.15, -0.1) is 11.8 Å². The number of carboxylic acid groups (broad SMARTS) is 1. The number of halogens is 1. The van der Waals surface area contributed by atoms with Crippen LogP contribution in [0.3, 0.4) is 0 Å². The Labute approximate surface area is 155 Å². The Morgan fingerprint density at radius 1 is 1.36 bits per heavy atom. The lowest BCUT2D eigenvalue weighted by molar-refractivity contribution is -0.142. The van der Waals surface area contributed by atoms with Crippen LogP contribution in [0.4, 0.5) is 0 Å². The summed E-state index contributed by atoms with van der Waals surface area (Å²) in [7, 11) is 0. The number of aliphatic carboxylic acids is 1. The van der Waals surface area contributed by atoms with E-state index in [0.29, 0.717) is 28.6 Å². The first-order valence-electron chi connectivity index (χ1n) is 8.08. The highest BCUT2D eigenvalue weighted by Gasteiger charge is 2.35. The Bertz CT molecular complexity index is 638. The molecule has 2 N–H and O–H groups in total. The third kappa shape index (κ3) is 5.12. The summed E-state index contributed by atoms with van der Waals surface area (Å²) in [6.07, 6.45) is 1.23. The Morgan fingerprint density at radius 3 is 2.64 bits per heavy atom. The Hall–Kier alpha value is -1.73. The average molecular weight is 385 g/mol. The lowest BCUT2D eigenvalue weighted by atomic mass is 10.0. The second kappa shape index (κ2) is 9.10. The lowest BCUT2D eigenvalue weighted by Gasteiger charge is -2.24. The fourth-order valence-electron chi connectivity index (χ4n) is 2.62. The lowest BCUT2D eigenvalue weighted by Crippen LogP contribution is -2.48. The number of carbonyl (C=O) groups excluding carboxylic acids is 2. The Morgan fingerprint density at radius 2 is 2.04 bits per heavy atom. The van der Waals surface area contributed by atoms with Crippen molar-refractivity contribution in [2.75, 3.05) is 18.2 Å². The summed E-state index contributed by atoms with van der Waals surface area (Å²) >= 11 is 7.33. The van der Waals surface area contributed by atoms with E-state index in [1.165, 1.54) is 16.7 Å². The van der Waals surface area contributed by atoms with Crippen LogP contribution in [0.25, 0.3) is 0 Å². The topological polar surface area (TPSA) is 86.7 Å². The van der Waals surface area contributed by atoms with Crippen LogP contribution in [0.1, 0.15) is 30.1 Å². The van der Waals surface area contributed by atoms with E-state index >= 15 is 0 Å². The molecule has 2 rings (SSSR count). The van der Waals surface area contributed by atoms with Crippen molar-refractivity contribution in [3.05, 3.63) is 34.9 Å². The third-order valence-electron chi connectivity index (χ3n) is 4.05. The van der Waals surface area contributed by atoms with Crippen LogP contribution in [0.2, 0.25) is 5.02 Å². The van der Waals surface area contributed by atoms with Crippen LogP contribution in [0.5, 0.6) is 0 Å². The van der Waals surface area contributed by atoms with Gasteiger partial charge in [0.2, 0.25) is 5.91 Å². The van der Waals surface area contributed by atoms with Crippen LogP contribution >= 0.6 is 23.4 Å². The van der Waals surface area contributed by atoms with Gasteiger partial charge in [0.05, 0.1) is 11.8 Å². The molecule has 1 aliphatic rings. The molecule has 0 spiro atoms. The maximum Gasteiger partial charge on any atom is 0.308 e. The summed E-state index contributed by atoms with van der Waals surface area (Å²) < 4.78 is 0. The quantitative estimate of drug-likeness (QED) is 0.754.